The highest BCUT2D eigenvalue weighted by Crippen LogP contribution is 2.32. The number of aliphatic hydroxyl groups excluding tert-OH is 1. The van der Waals surface area contributed by atoms with Crippen LogP contribution in [0, 0.1) is 0 Å². The van der Waals surface area contributed by atoms with Gasteiger partial charge < -0.3 is 9.66 Å². The number of halogens is 1. The van der Waals surface area contributed by atoms with Crippen molar-refractivity contribution in [2.24, 2.45) is 0 Å². The van der Waals surface area contributed by atoms with E-state index in [1.165, 1.54) is 0 Å². The molecule has 0 saturated heterocycles. The molecule has 2 aromatic carbocycles. The van der Waals surface area contributed by atoms with Gasteiger partial charge in [-0.05, 0) is 30.2 Å². The van der Waals surface area contributed by atoms with Gasteiger partial charge in [-0.2, -0.15) is 0 Å². The van der Waals surface area contributed by atoms with Crippen molar-refractivity contribution in [3.8, 4) is 0 Å². The van der Waals surface area contributed by atoms with Gasteiger partial charge in [0.15, 0.2) is 11.1 Å². The van der Waals surface area contributed by atoms with Gasteiger partial charge >= 0.3 is 0 Å². The summed E-state index contributed by atoms with van der Waals surface area (Å²) in [6, 6.07) is 16.5. The van der Waals surface area contributed by atoms with E-state index < -0.39 is 21.9 Å². The predicted molar refractivity (Wildman–Crippen MR) is 93.7 cm³/mol. The highest BCUT2D eigenvalue weighted by atomic mass is 79.9. The molecule has 116 valence electrons. The van der Waals surface area contributed by atoms with Crippen molar-refractivity contribution in [2.45, 2.75) is 17.8 Å². The fraction of sp³-hybridized carbons (Fsp3) is 0.176. The third-order valence-corrected chi connectivity index (χ3v) is 5.35. The van der Waals surface area contributed by atoms with E-state index in [1.807, 2.05) is 30.3 Å². The van der Waals surface area contributed by atoms with Gasteiger partial charge in [0.05, 0.1) is 6.10 Å². The summed E-state index contributed by atoms with van der Waals surface area (Å²) in [5.41, 5.74) is 1.52. The molecule has 2 rings (SSSR count). The number of benzene rings is 2. The zero-order chi connectivity index (χ0) is 16.2. The first-order valence-corrected chi connectivity index (χ1v) is 8.63. The lowest BCUT2D eigenvalue weighted by Gasteiger charge is -2.29. The maximum Gasteiger partial charge on any atom is 0.166 e. The van der Waals surface area contributed by atoms with Crippen LogP contribution in [-0.2, 0) is 15.8 Å². The topological polar surface area (TPSA) is 57.5 Å². The molecule has 0 heterocycles. The number of hydrogen-bond acceptors (Lipinski definition) is 2. The van der Waals surface area contributed by atoms with Crippen molar-refractivity contribution < 1.29 is 13.9 Å². The van der Waals surface area contributed by atoms with Crippen LogP contribution in [0.2, 0.25) is 0 Å². The molecule has 0 aromatic heterocycles. The van der Waals surface area contributed by atoms with Gasteiger partial charge in [-0.3, -0.25) is 0 Å². The van der Waals surface area contributed by atoms with Crippen LogP contribution in [0.1, 0.15) is 18.1 Å². The van der Waals surface area contributed by atoms with Crippen LogP contribution in [0.15, 0.2) is 65.1 Å². The summed E-state index contributed by atoms with van der Waals surface area (Å²) in [6.07, 6.45) is 2.19. The summed E-state index contributed by atoms with van der Waals surface area (Å²) < 4.78 is 21.2. The van der Waals surface area contributed by atoms with Crippen LogP contribution in [0.25, 0.3) is 6.08 Å². The Balaban J connectivity index is 2.32. The largest absolute Gasteiger partial charge is 0.387 e. The first-order chi connectivity index (χ1) is 10.4. The molecule has 0 aliphatic heterocycles. The molecular formula is C17H17BrO3S. The van der Waals surface area contributed by atoms with E-state index in [2.05, 4.69) is 15.9 Å². The Morgan fingerprint density at radius 1 is 1.14 bits per heavy atom. The third kappa shape index (κ3) is 3.73. The van der Waals surface area contributed by atoms with E-state index in [-0.39, 0.29) is 0 Å². The van der Waals surface area contributed by atoms with Gasteiger partial charge in [0.1, 0.15) is 4.75 Å². The van der Waals surface area contributed by atoms with E-state index in [1.54, 1.807) is 43.3 Å². The zero-order valence-corrected chi connectivity index (χ0v) is 14.4. The van der Waals surface area contributed by atoms with Crippen LogP contribution in [0.5, 0.6) is 0 Å². The van der Waals surface area contributed by atoms with Crippen molar-refractivity contribution >= 4 is 33.1 Å². The molecule has 0 saturated carbocycles. The molecular weight excluding hydrogens is 364 g/mol. The monoisotopic (exact) mass is 380 g/mol. The molecule has 0 radical (unpaired) electrons. The van der Waals surface area contributed by atoms with Gasteiger partial charge in [-0.15, -0.1) is 0 Å². The highest BCUT2D eigenvalue weighted by Gasteiger charge is 2.39. The molecule has 0 fully saturated rings. The Bertz CT molecular complexity index is 670. The molecule has 5 heteroatoms. The molecule has 0 amide bonds. The van der Waals surface area contributed by atoms with Crippen LogP contribution in [0.4, 0.5) is 0 Å². The van der Waals surface area contributed by atoms with E-state index in [9.17, 15) is 13.9 Å². The minimum Gasteiger partial charge on any atom is -0.387 e. The minimum absolute atomic E-state index is 0.599. The number of rotatable bonds is 5. The highest BCUT2D eigenvalue weighted by molar-refractivity contribution is 9.10. The lowest BCUT2D eigenvalue weighted by atomic mass is 9.93. The van der Waals surface area contributed by atoms with Crippen molar-refractivity contribution in [3.05, 3.63) is 76.3 Å². The Morgan fingerprint density at radius 2 is 1.73 bits per heavy atom. The second kappa shape index (κ2) is 7.33. The minimum atomic E-state index is -2.23. The van der Waals surface area contributed by atoms with Gasteiger partial charge in [0.25, 0.3) is 0 Å². The van der Waals surface area contributed by atoms with E-state index in [0.717, 1.165) is 10.0 Å². The van der Waals surface area contributed by atoms with Gasteiger partial charge in [-0.25, -0.2) is 4.21 Å². The average molecular weight is 381 g/mol. The average Bonchev–Trinajstić information content (AvgIpc) is 2.53. The van der Waals surface area contributed by atoms with Crippen molar-refractivity contribution in [1.82, 2.24) is 0 Å². The zero-order valence-electron chi connectivity index (χ0n) is 12.0. The summed E-state index contributed by atoms with van der Waals surface area (Å²) in [4.78, 5) is 0. The van der Waals surface area contributed by atoms with Crippen molar-refractivity contribution in [1.29, 1.82) is 0 Å². The van der Waals surface area contributed by atoms with Crippen LogP contribution in [-0.4, -0.2) is 20.0 Å². The van der Waals surface area contributed by atoms with Gasteiger partial charge in [-0.1, -0.05) is 70.5 Å². The van der Waals surface area contributed by atoms with Crippen LogP contribution in [0.3, 0.4) is 0 Å². The standard InChI is InChI=1S/C17H17BrO3S/c1-17(22(20)21,14-8-10-15(18)11-9-14)16(19)12-7-13-5-3-2-4-6-13/h2-12,16,19H,1H3,(H,20,21). The molecule has 0 spiro atoms. The predicted octanol–water partition coefficient (Wildman–Crippen LogP) is 3.96. The van der Waals surface area contributed by atoms with Gasteiger partial charge in [0, 0.05) is 4.47 Å². The Kier molecular flexibility index (Phi) is 5.69. The third-order valence-electron chi connectivity index (χ3n) is 3.62. The number of aliphatic hydroxyl groups is 1. The summed E-state index contributed by atoms with van der Waals surface area (Å²) in [5, 5.41) is 10.5. The van der Waals surface area contributed by atoms with E-state index in [4.69, 9.17) is 0 Å². The molecule has 2 aromatic rings. The normalized spacial score (nSPS) is 17.1. The lowest BCUT2D eigenvalue weighted by molar-refractivity contribution is 0.175. The molecule has 0 bridgehead atoms. The molecule has 3 unspecified atom stereocenters. The number of hydrogen-bond donors (Lipinski definition) is 2. The molecule has 0 aliphatic carbocycles. The second-order valence-electron chi connectivity index (χ2n) is 5.08. The van der Waals surface area contributed by atoms with E-state index >= 15 is 0 Å². The Hall–Kier alpha value is -1.27. The van der Waals surface area contributed by atoms with Crippen LogP contribution >= 0.6 is 15.9 Å². The van der Waals surface area contributed by atoms with Gasteiger partial charge in [0.2, 0.25) is 0 Å². The van der Waals surface area contributed by atoms with E-state index in [0.29, 0.717) is 5.56 Å². The van der Waals surface area contributed by atoms with Crippen molar-refractivity contribution in [3.63, 3.8) is 0 Å². The molecule has 0 aliphatic rings. The molecule has 2 N–H and O–H groups in total. The maximum atomic E-state index is 11.9. The molecule has 3 nitrogen and oxygen atoms in total. The second-order valence-corrected chi connectivity index (χ2v) is 7.34. The quantitative estimate of drug-likeness (QED) is 0.771. The fourth-order valence-corrected chi connectivity index (χ4v) is 2.99. The summed E-state index contributed by atoms with van der Waals surface area (Å²) in [6.45, 7) is 1.58. The lowest BCUT2D eigenvalue weighted by Crippen LogP contribution is -2.39. The first kappa shape index (κ1) is 17.1. The van der Waals surface area contributed by atoms with Crippen molar-refractivity contribution in [2.75, 3.05) is 0 Å². The van der Waals surface area contributed by atoms with Crippen LogP contribution < -0.4 is 0 Å². The Morgan fingerprint density at radius 3 is 2.27 bits per heavy atom. The summed E-state index contributed by atoms with van der Waals surface area (Å²) in [5.74, 6) is 0. The molecule has 22 heavy (non-hydrogen) atoms. The summed E-state index contributed by atoms with van der Waals surface area (Å²) in [7, 11) is 0. The first-order valence-electron chi connectivity index (χ1n) is 6.73. The summed E-state index contributed by atoms with van der Waals surface area (Å²) >= 11 is 1.10. The Labute approximate surface area is 141 Å². The smallest absolute Gasteiger partial charge is 0.166 e. The fourth-order valence-electron chi connectivity index (χ4n) is 2.11. The SMILES string of the molecule is CC(c1ccc(Br)cc1)(C(O)C=Cc1ccccc1)S(=O)O. The molecule has 3 atom stereocenters. The maximum absolute atomic E-state index is 11.9.